The summed E-state index contributed by atoms with van der Waals surface area (Å²) in [6.07, 6.45) is 2.52. The summed E-state index contributed by atoms with van der Waals surface area (Å²) in [6, 6.07) is 7.99. The van der Waals surface area contributed by atoms with Crippen LogP contribution >= 0.6 is 11.8 Å². The van der Waals surface area contributed by atoms with Crippen molar-refractivity contribution in [3.63, 3.8) is 0 Å². The van der Waals surface area contributed by atoms with Gasteiger partial charge in [0.2, 0.25) is 10.0 Å². The van der Waals surface area contributed by atoms with Crippen LogP contribution in [0.1, 0.15) is 25.3 Å². The van der Waals surface area contributed by atoms with Crippen molar-refractivity contribution in [2.24, 2.45) is 0 Å². The molecule has 4 nitrogen and oxygen atoms in total. The van der Waals surface area contributed by atoms with Gasteiger partial charge in [0, 0.05) is 36.7 Å². The van der Waals surface area contributed by atoms with Gasteiger partial charge >= 0.3 is 0 Å². The molecule has 1 unspecified atom stereocenters. The molecular formula is C15H22N2O2S2. The zero-order valence-electron chi connectivity index (χ0n) is 12.3. The van der Waals surface area contributed by atoms with E-state index in [1.165, 1.54) is 12.8 Å². The standard InChI is InChI=1S/C15H22N2O2S2/c1-12-11-17(8-9-20-12)21(18,19)15-6-2-13(3-7-15)10-16-14-4-5-14/h2-3,6-7,12,14,16H,4-5,8-11H2,1H3. The highest BCUT2D eigenvalue weighted by Crippen LogP contribution is 2.24. The smallest absolute Gasteiger partial charge is 0.243 e. The topological polar surface area (TPSA) is 49.4 Å². The molecule has 21 heavy (non-hydrogen) atoms. The third-order valence-electron chi connectivity index (χ3n) is 3.94. The Morgan fingerprint density at radius 2 is 2.00 bits per heavy atom. The van der Waals surface area contributed by atoms with Gasteiger partial charge < -0.3 is 5.32 Å². The van der Waals surface area contributed by atoms with Gasteiger partial charge in [0.15, 0.2) is 0 Å². The van der Waals surface area contributed by atoms with Crippen molar-refractivity contribution in [3.8, 4) is 0 Å². The summed E-state index contributed by atoms with van der Waals surface area (Å²) < 4.78 is 26.9. The fourth-order valence-corrected chi connectivity index (χ4v) is 5.24. The molecule has 1 atom stereocenters. The monoisotopic (exact) mass is 326 g/mol. The molecule has 116 valence electrons. The fraction of sp³-hybridized carbons (Fsp3) is 0.600. The lowest BCUT2D eigenvalue weighted by molar-refractivity contribution is 0.424. The van der Waals surface area contributed by atoms with E-state index in [0.717, 1.165) is 17.9 Å². The lowest BCUT2D eigenvalue weighted by Crippen LogP contribution is -2.40. The van der Waals surface area contributed by atoms with Crippen LogP contribution in [0.5, 0.6) is 0 Å². The fourth-order valence-electron chi connectivity index (χ4n) is 2.48. The Balaban J connectivity index is 1.69. The summed E-state index contributed by atoms with van der Waals surface area (Å²) >= 11 is 1.84. The van der Waals surface area contributed by atoms with Gasteiger partial charge in [0.05, 0.1) is 4.90 Å². The first kappa shape index (κ1) is 15.3. The third-order valence-corrected chi connectivity index (χ3v) is 6.95. The molecule has 3 rings (SSSR count). The molecule has 0 radical (unpaired) electrons. The maximum absolute atomic E-state index is 12.6. The minimum atomic E-state index is -3.33. The summed E-state index contributed by atoms with van der Waals surface area (Å²) in [5, 5.41) is 3.81. The number of nitrogens with zero attached hydrogens (tertiary/aromatic N) is 1. The van der Waals surface area contributed by atoms with Crippen molar-refractivity contribution in [1.29, 1.82) is 0 Å². The molecule has 1 heterocycles. The SMILES string of the molecule is CC1CN(S(=O)(=O)c2ccc(CNC3CC3)cc2)CCS1. The van der Waals surface area contributed by atoms with Crippen LogP contribution in [0.4, 0.5) is 0 Å². The van der Waals surface area contributed by atoms with Crippen molar-refractivity contribution in [3.05, 3.63) is 29.8 Å². The minimum Gasteiger partial charge on any atom is -0.310 e. The second-order valence-corrected chi connectivity index (χ2v) is 9.33. The highest BCUT2D eigenvalue weighted by atomic mass is 32.2. The highest BCUT2D eigenvalue weighted by molar-refractivity contribution is 8.00. The first-order valence-electron chi connectivity index (χ1n) is 7.50. The molecule has 0 amide bonds. The Morgan fingerprint density at radius 3 is 2.62 bits per heavy atom. The minimum absolute atomic E-state index is 0.371. The van der Waals surface area contributed by atoms with Crippen molar-refractivity contribution in [2.45, 2.75) is 42.5 Å². The van der Waals surface area contributed by atoms with Crippen LogP contribution in [0.25, 0.3) is 0 Å². The van der Waals surface area contributed by atoms with E-state index in [4.69, 9.17) is 0 Å². The predicted octanol–water partition coefficient (Wildman–Crippen LogP) is 2.06. The van der Waals surface area contributed by atoms with E-state index in [1.54, 1.807) is 16.4 Å². The molecule has 1 N–H and O–H groups in total. The van der Waals surface area contributed by atoms with Gasteiger partial charge in [-0.1, -0.05) is 19.1 Å². The van der Waals surface area contributed by atoms with Gasteiger partial charge in [-0.25, -0.2) is 8.42 Å². The maximum atomic E-state index is 12.6. The van der Waals surface area contributed by atoms with E-state index < -0.39 is 10.0 Å². The van der Waals surface area contributed by atoms with Crippen molar-refractivity contribution in [1.82, 2.24) is 9.62 Å². The van der Waals surface area contributed by atoms with Crippen LogP contribution in [0.15, 0.2) is 29.2 Å². The Labute approximate surface area is 131 Å². The average Bonchev–Trinajstić information content (AvgIpc) is 3.30. The van der Waals surface area contributed by atoms with Gasteiger partial charge in [-0.3, -0.25) is 0 Å². The highest BCUT2D eigenvalue weighted by Gasteiger charge is 2.28. The number of rotatable bonds is 5. The molecule has 0 bridgehead atoms. The number of benzene rings is 1. The number of nitrogens with one attached hydrogen (secondary N) is 1. The summed E-state index contributed by atoms with van der Waals surface area (Å²) in [6.45, 7) is 4.13. The van der Waals surface area contributed by atoms with Gasteiger partial charge in [-0.2, -0.15) is 16.1 Å². The molecule has 1 aromatic carbocycles. The van der Waals surface area contributed by atoms with Crippen molar-refractivity contribution < 1.29 is 8.42 Å². The molecule has 1 saturated carbocycles. The van der Waals surface area contributed by atoms with Gasteiger partial charge in [0.25, 0.3) is 0 Å². The molecule has 1 saturated heterocycles. The first-order chi connectivity index (χ1) is 10.1. The van der Waals surface area contributed by atoms with Gasteiger partial charge in [-0.15, -0.1) is 0 Å². The van der Waals surface area contributed by atoms with Crippen LogP contribution in [-0.2, 0) is 16.6 Å². The Kier molecular flexibility index (Phi) is 4.59. The molecule has 2 aliphatic rings. The largest absolute Gasteiger partial charge is 0.310 e. The number of thioether (sulfide) groups is 1. The normalized spacial score (nSPS) is 24.1. The van der Waals surface area contributed by atoms with Crippen LogP contribution in [0.3, 0.4) is 0 Å². The van der Waals surface area contributed by atoms with E-state index in [1.807, 2.05) is 23.9 Å². The summed E-state index contributed by atoms with van der Waals surface area (Å²) in [5.74, 6) is 0.879. The van der Waals surface area contributed by atoms with E-state index >= 15 is 0 Å². The van der Waals surface area contributed by atoms with Gasteiger partial charge in [-0.05, 0) is 30.5 Å². The van der Waals surface area contributed by atoms with Crippen molar-refractivity contribution in [2.75, 3.05) is 18.8 Å². The summed E-state index contributed by atoms with van der Waals surface area (Å²) in [5.41, 5.74) is 1.14. The van der Waals surface area contributed by atoms with E-state index in [0.29, 0.717) is 29.3 Å². The number of sulfonamides is 1. The zero-order valence-corrected chi connectivity index (χ0v) is 13.9. The molecule has 0 aromatic heterocycles. The third kappa shape index (κ3) is 3.80. The van der Waals surface area contributed by atoms with E-state index in [-0.39, 0.29) is 0 Å². The first-order valence-corrected chi connectivity index (χ1v) is 9.98. The Bertz CT molecular complexity index is 582. The number of hydrogen-bond acceptors (Lipinski definition) is 4. The van der Waals surface area contributed by atoms with Gasteiger partial charge in [0.1, 0.15) is 0 Å². The van der Waals surface area contributed by atoms with E-state index in [2.05, 4.69) is 12.2 Å². The quantitative estimate of drug-likeness (QED) is 0.900. The molecule has 1 aromatic rings. The Morgan fingerprint density at radius 1 is 1.29 bits per heavy atom. The van der Waals surface area contributed by atoms with Crippen LogP contribution < -0.4 is 5.32 Å². The predicted molar refractivity (Wildman–Crippen MR) is 87.0 cm³/mol. The van der Waals surface area contributed by atoms with Crippen LogP contribution in [-0.4, -0.2) is 42.9 Å². The molecule has 6 heteroatoms. The summed E-state index contributed by atoms with van der Waals surface area (Å²) in [7, 11) is -3.33. The molecule has 1 aliphatic carbocycles. The van der Waals surface area contributed by atoms with Crippen LogP contribution in [0, 0.1) is 0 Å². The number of hydrogen-bond donors (Lipinski definition) is 1. The zero-order chi connectivity index (χ0) is 14.9. The van der Waals surface area contributed by atoms with E-state index in [9.17, 15) is 8.42 Å². The Hall–Kier alpha value is -0.560. The second kappa shape index (κ2) is 6.28. The molecule has 1 aliphatic heterocycles. The van der Waals surface area contributed by atoms with Crippen LogP contribution in [0.2, 0.25) is 0 Å². The average molecular weight is 326 g/mol. The molecule has 2 fully saturated rings. The maximum Gasteiger partial charge on any atom is 0.243 e. The lowest BCUT2D eigenvalue weighted by Gasteiger charge is -2.29. The summed E-state index contributed by atoms with van der Waals surface area (Å²) in [4.78, 5) is 0.414. The van der Waals surface area contributed by atoms with Crippen molar-refractivity contribution >= 4 is 21.8 Å². The molecule has 0 spiro atoms. The lowest BCUT2D eigenvalue weighted by atomic mass is 10.2. The second-order valence-electron chi connectivity index (χ2n) is 5.84. The molecular weight excluding hydrogens is 304 g/mol.